The Morgan fingerprint density at radius 2 is 1.86 bits per heavy atom. The predicted molar refractivity (Wildman–Crippen MR) is 117 cm³/mol. The minimum atomic E-state index is -3.40. The van der Waals surface area contributed by atoms with E-state index in [0.717, 1.165) is 17.2 Å². The zero-order chi connectivity index (χ0) is 20.0. The van der Waals surface area contributed by atoms with Crippen LogP contribution in [0.5, 0.6) is 0 Å². The van der Waals surface area contributed by atoms with Gasteiger partial charge in [0, 0.05) is 18.4 Å². The van der Waals surface area contributed by atoms with Crippen LogP contribution in [0.4, 0.5) is 5.69 Å². The fraction of sp³-hybridized carbons (Fsp3) is 0.350. The smallest absolute Gasteiger partial charge is 0.255 e. The molecular formula is C20H23NO4S3. The first-order valence-electron chi connectivity index (χ1n) is 8.96. The van der Waals surface area contributed by atoms with Crippen LogP contribution in [0, 0.1) is 0 Å². The van der Waals surface area contributed by atoms with E-state index in [-0.39, 0.29) is 23.2 Å². The number of carbonyl (C=O) groups is 1. The number of methoxy groups -OCH3 is 1. The lowest BCUT2D eigenvalue weighted by molar-refractivity contribution is 0.102. The number of anilines is 1. The van der Waals surface area contributed by atoms with Gasteiger partial charge in [0.05, 0.1) is 21.8 Å². The molecule has 150 valence electrons. The van der Waals surface area contributed by atoms with E-state index in [1.165, 1.54) is 43.4 Å². The summed E-state index contributed by atoms with van der Waals surface area (Å²) in [4.78, 5) is 12.7. The summed E-state index contributed by atoms with van der Waals surface area (Å²) in [5.74, 6) is 1.97. The highest BCUT2D eigenvalue weighted by atomic mass is 32.2. The summed E-state index contributed by atoms with van der Waals surface area (Å²) in [6.07, 6.45) is 1.24. The molecule has 0 aliphatic carbocycles. The Bertz CT molecular complexity index is 907. The summed E-state index contributed by atoms with van der Waals surface area (Å²) in [6.45, 7) is 0.137. The lowest BCUT2D eigenvalue weighted by Crippen LogP contribution is -2.14. The molecule has 0 spiro atoms. The molecule has 0 aromatic heterocycles. The number of benzene rings is 2. The van der Waals surface area contributed by atoms with Crippen molar-refractivity contribution in [2.75, 3.05) is 36.3 Å². The zero-order valence-electron chi connectivity index (χ0n) is 15.6. The second kappa shape index (κ2) is 9.82. The van der Waals surface area contributed by atoms with Gasteiger partial charge < -0.3 is 10.1 Å². The Labute approximate surface area is 174 Å². The summed E-state index contributed by atoms with van der Waals surface area (Å²) in [5.41, 5.74) is 2.36. The monoisotopic (exact) mass is 437 g/mol. The van der Waals surface area contributed by atoms with Crippen LogP contribution in [0.1, 0.15) is 26.9 Å². The minimum absolute atomic E-state index is 0.0843. The highest BCUT2D eigenvalue weighted by Crippen LogP contribution is 2.44. The van der Waals surface area contributed by atoms with Gasteiger partial charge in [-0.15, -0.1) is 23.5 Å². The summed E-state index contributed by atoms with van der Waals surface area (Å²) < 4.78 is 29.6. The van der Waals surface area contributed by atoms with Crippen LogP contribution in [0.15, 0.2) is 53.4 Å². The molecule has 0 unspecified atom stereocenters. The third-order valence-corrected chi connectivity index (χ3v) is 8.99. The second-order valence-corrected chi connectivity index (χ2v) is 11.2. The van der Waals surface area contributed by atoms with Crippen LogP contribution in [-0.4, -0.2) is 45.3 Å². The maximum atomic E-state index is 12.5. The summed E-state index contributed by atoms with van der Waals surface area (Å²) in [7, 11) is -1.94. The van der Waals surface area contributed by atoms with Crippen LogP contribution in [0.3, 0.4) is 0 Å². The van der Waals surface area contributed by atoms with Gasteiger partial charge in [0.2, 0.25) is 0 Å². The Morgan fingerprint density at radius 1 is 1.14 bits per heavy atom. The molecule has 3 rings (SSSR count). The number of carbonyl (C=O) groups excluding carboxylic acids is 1. The molecule has 8 heteroatoms. The zero-order valence-corrected chi connectivity index (χ0v) is 18.0. The number of nitrogens with one attached hydrogen (secondary N) is 1. The molecule has 0 radical (unpaired) electrons. The van der Waals surface area contributed by atoms with E-state index < -0.39 is 9.84 Å². The third kappa shape index (κ3) is 5.53. The third-order valence-electron chi connectivity index (χ3n) is 4.28. The Kier molecular flexibility index (Phi) is 7.45. The predicted octanol–water partition coefficient (Wildman–Crippen LogP) is 4.23. The average Bonchev–Trinajstić information content (AvgIpc) is 2.73. The first-order valence-corrected chi connectivity index (χ1v) is 12.7. The lowest BCUT2D eigenvalue weighted by atomic mass is 10.2. The van der Waals surface area contributed by atoms with Gasteiger partial charge in [0.1, 0.15) is 0 Å². The maximum absolute atomic E-state index is 12.5. The van der Waals surface area contributed by atoms with Gasteiger partial charge >= 0.3 is 0 Å². The molecule has 1 aliphatic rings. The van der Waals surface area contributed by atoms with Gasteiger partial charge in [0.15, 0.2) is 9.84 Å². The first-order chi connectivity index (χ1) is 13.5. The van der Waals surface area contributed by atoms with Crippen molar-refractivity contribution in [3.63, 3.8) is 0 Å². The standard InChI is InChI=1S/C20H23NO4S3/c1-25-10-13-28(23,24)18-8-6-15(7-9-18)19(22)21-17-5-2-4-16(14-17)20-26-11-3-12-27-20/h2,4-9,14,20H,3,10-13H2,1H3,(H,21,22). The molecule has 1 saturated heterocycles. The number of hydrogen-bond donors (Lipinski definition) is 1. The van der Waals surface area contributed by atoms with Gasteiger partial charge in [-0.05, 0) is 59.9 Å². The van der Waals surface area contributed by atoms with Gasteiger partial charge in [-0.3, -0.25) is 4.79 Å². The Hall–Kier alpha value is -1.48. The number of sulfone groups is 1. The topological polar surface area (TPSA) is 72.5 Å². The molecule has 1 aliphatic heterocycles. The van der Waals surface area contributed by atoms with Gasteiger partial charge in [-0.2, -0.15) is 0 Å². The largest absolute Gasteiger partial charge is 0.384 e. The van der Waals surface area contributed by atoms with Gasteiger partial charge in [0.25, 0.3) is 5.91 Å². The van der Waals surface area contributed by atoms with Crippen molar-refractivity contribution in [2.24, 2.45) is 0 Å². The van der Waals surface area contributed by atoms with Gasteiger partial charge in [-0.1, -0.05) is 12.1 Å². The lowest BCUT2D eigenvalue weighted by Gasteiger charge is -2.21. The van der Waals surface area contributed by atoms with Crippen LogP contribution in [0.2, 0.25) is 0 Å². The molecule has 0 bridgehead atoms. The van der Waals surface area contributed by atoms with E-state index in [1.807, 2.05) is 41.7 Å². The molecule has 5 nitrogen and oxygen atoms in total. The SMILES string of the molecule is COCCS(=O)(=O)c1ccc(C(=O)Nc2cccc(C3SCCCS3)c2)cc1. The molecule has 28 heavy (non-hydrogen) atoms. The van der Waals surface area contributed by atoms with Crippen LogP contribution < -0.4 is 5.32 Å². The second-order valence-electron chi connectivity index (χ2n) is 6.34. The molecular weight excluding hydrogens is 414 g/mol. The maximum Gasteiger partial charge on any atom is 0.255 e. The highest BCUT2D eigenvalue weighted by molar-refractivity contribution is 8.16. The molecule has 1 heterocycles. The molecule has 2 aromatic rings. The Morgan fingerprint density at radius 3 is 2.54 bits per heavy atom. The average molecular weight is 438 g/mol. The molecule has 0 atom stereocenters. The van der Waals surface area contributed by atoms with E-state index in [9.17, 15) is 13.2 Å². The van der Waals surface area contributed by atoms with Gasteiger partial charge in [-0.25, -0.2) is 8.42 Å². The van der Waals surface area contributed by atoms with Crippen molar-refractivity contribution in [1.82, 2.24) is 0 Å². The molecule has 1 fully saturated rings. The molecule has 0 saturated carbocycles. The van der Waals surface area contributed by atoms with Crippen LogP contribution in [0.25, 0.3) is 0 Å². The summed E-state index contributed by atoms with van der Waals surface area (Å²) in [5, 5.41) is 2.90. The van der Waals surface area contributed by atoms with Crippen molar-refractivity contribution in [1.29, 1.82) is 0 Å². The molecule has 1 N–H and O–H groups in total. The Balaban J connectivity index is 1.68. The summed E-state index contributed by atoms with van der Waals surface area (Å²) in [6, 6.07) is 13.9. The normalized spacial score (nSPS) is 15.3. The van der Waals surface area contributed by atoms with E-state index >= 15 is 0 Å². The molecule has 2 aromatic carbocycles. The fourth-order valence-corrected chi connectivity index (χ4v) is 6.82. The summed E-state index contributed by atoms with van der Waals surface area (Å²) >= 11 is 3.87. The highest BCUT2D eigenvalue weighted by Gasteiger charge is 2.18. The van der Waals surface area contributed by atoms with Crippen molar-refractivity contribution >= 4 is 45.0 Å². The molecule has 1 amide bonds. The minimum Gasteiger partial charge on any atom is -0.384 e. The van der Waals surface area contributed by atoms with Crippen molar-refractivity contribution < 1.29 is 17.9 Å². The number of hydrogen-bond acceptors (Lipinski definition) is 6. The first kappa shape index (κ1) is 21.2. The fourth-order valence-electron chi connectivity index (χ4n) is 2.77. The number of ether oxygens (including phenoxy) is 1. The number of thioether (sulfide) groups is 2. The van der Waals surface area contributed by atoms with E-state index in [1.54, 1.807) is 0 Å². The van der Waals surface area contributed by atoms with E-state index in [0.29, 0.717) is 10.1 Å². The van der Waals surface area contributed by atoms with Crippen molar-refractivity contribution in [3.8, 4) is 0 Å². The van der Waals surface area contributed by atoms with Crippen molar-refractivity contribution in [3.05, 3.63) is 59.7 Å². The van der Waals surface area contributed by atoms with Crippen LogP contribution in [-0.2, 0) is 14.6 Å². The van der Waals surface area contributed by atoms with Crippen LogP contribution >= 0.6 is 23.5 Å². The van der Waals surface area contributed by atoms with E-state index in [4.69, 9.17) is 4.74 Å². The van der Waals surface area contributed by atoms with E-state index in [2.05, 4.69) is 11.4 Å². The quantitative estimate of drug-likeness (QED) is 0.699. The number of rotatable bonds is 7. The number of amides is 1. The van der Waals surface area contributed by atoms with Crippen molar-refractivity contribution in [2.45, 2.75) is 15.9 Å².